The fourth-order valence-electron chi connectivity index (χ4n) is 2.53. The average molecular weight is 436 g/mol. The number of carbonyl (C=O) groups is 2. The Kier molecular flexibility index (Phi) is 6.29. The number of urea groups is 1. The highest BCUT2D eigenvalue weighted by atomic mass is 19.4. The summed E-state index contributed by atoms with van der Waals surface area (Å²) in [6.45, 7) is 0.237. The van der Waals surface area contributed by atoms with Gasteiger partial charge < -0.3 is 19.9 Å². The SMILES string of the molecule is O=C(Nc1ccc(OC(F)(F)F)cc1)Nc1cn(Cc2ccccc2)c(OC(=O)O)n1. The standard InChI is InChI=1S/C19H15F3N4O5/c20-19(21,22)31-14-8-6-13(7-9-14)23-16(27)24-15-11-26(17(25-15)30-18(28)29)10-12-4-2-1-3-5-12/h1-9,11H,10H2,(H,28,29)(H2,23,24,27). The van der Waals surface area contributed by atoms with Gasteiger partial charge in [-0.3, -0.25) is 9.88 Å². The van der Waals surface area contributed by atoms with Crippen LogP contribution < -0.4 is 20.1 Å². The Morgan fingerprint density at radius 1 is 1.03 bits per heavy atom. The van der Waals surface area contributed by atoms with Gasteiger partial charge >= 0.3 is 24.6 Å². The summed E-state index contributed by atoms with van der Waals surface area (Å²) in [7, 11) is 0. The molecule has 9 nitrogen and oxygen atoms in total. The first-order valence-corrected chi connectivity index (χ1v) is 8.63. The number of nitrogens with one attached hydrogen (secondary N) is 2. The maximum absolute atomic E-state index is 12.2. The summed E-state index contributed by atoms with van der Waals surface area (Å²) < 4.78 is 46.3. The molecule has 3 N–H and O–H groups in total. The van der Waals surface area contributed by atoms with Crippen LogP contribution in [0.15, 0.2) is 60.8 Å². The molecule has 0 spiro atoms. The minimum atomic E-state index is -4.82. The minimum Gasteiger partial charge on any atom is -0.449 e. The number of aromatic nitrogens is 2. The predicted octanol–water partition coefficient (Wildman–Crippen LogP) is 4.53. The van der Waals surface area contributed by atoms with Gasteiger partial charge in [0.1, 0.15) is 5.75 Å². The molecule has 0 saturated carbocycles. The molecule has 0 aliphatic rings. The molecule has 2 amide bonds. The van der Waals surface area contributed by atoms with Crippen molar-refractivity contribution in [2.75, 3.05) is 10.6 Å². The molecule has 0 atom stereocenters. The maximum Gasteiger partial charge on any atom is 0.573 e. The molecule has 162 valence electrons. The zero-order valence-corrected chi connectivity index (χ0v) is 15.6. The van der Waals surface area contributed by atoms with Crippen LogP contribution in [-0.4, -0.2) is 33.2 Å². The Bertz CT molecular complexity index is 1050. The van der Waals surface area contributed by atoms with Gasteiger partial charge in [0, 0.05) is 5.69 Å². The van der Waals surface area contributed by atoms with E-state index in [2.05, 4.69) is 25.1 Å². The van der Waals surface area contributed by atoms with Gasteiger partial charge in [-0.15, -0.1) is 13.2 Å². The van der Waals surface area contributed by atoms with E-state index in [0.29, 0.717) is 0 Å². The lowest BCUT2D eigenvalue weighted by atomic mass is 10.2. The second-order valence-corrected chi connectivity index (χ2v) is 6.04. The molecular formula is C19H15F3N4O5. The summed E-state index contributed by atoms with van der Waals surface area (Å²) >= 11 is 0. The van der Waals surface area contributed by atoms with Gasteiger partial charge in [0.2, 0.25) is 0 Å². The Hall–Kier alpha value is -4.22. The lowest BCUT2D eigenvalue weighted by Crippen LogP contribution is -2.20. The highest BCUT2D eigenvalue weighted by Gasteiger charge is 2.31. The van der Waals surface area contributed by atoms with E-state index in [4.69, 9.17) is 5.11 Å². The quantitative estimate of drug-likeness (QED) is 0.489. The molecule has 1 heterocycles. The van der Waals surface area contributed by atoms with E-state index < -0.39 is 24.3 Å². The highest BCUT2D eigenvalue weighted by molar-refractivity contribution is 5.99. The fourth-order valence-corrected chi connectivity index (χ4v) is 2.53. The second-order valence-electron chi connectivity index (χ2n) is 6.04. The molecule has 0 aliphatic carbocycles. The Morgan fingerprint density at radius 2 is 1.71 bits per heavy atom. The summed E-state index contributed by atoms with van der Waals surface area (Å²) in [5, 5.41) is 13.7. The second kappa shape index (κ2) is 9.07. The molecule has 0 unspecified atom stereocenters. The summed E-state index contributed by atoms with van der Waals surface area (Å²) in [5.74, 6) is -0.435. The van der Waals surface area contributed by atoms with Gasteiger partial charge in [-0.05, 0) is 29.8 Å². The van der Waals surface area contributed by atoms with Crippen molar-refractivity contribution in [3.05, 3.63) is 66.4 Å². The number of hydrogen-bond donors (Lipinski definition) is 3. The number of alkyl halides is 3. The summed E-state index contributed by atoms with van der Waals surface area (Å²) in [6, 6.07) is 12.6. The third kappa shape index (κ3) is 6.66. The molecular weight excluding hydrogens is 421 g/mol. The molecule has 0 aliphatic heterocycles. The normalized spacial score (nSPS) is 10.9. The maximum atomic E-state index is 12.2. The summed E-state index contributed by atoms with van der Waals surface area (Å²) in [5.41, 5.74) is 1.03. The van der Waals surface area contributed by atoms with Crippen LogP contribution in [0.2, 0.25) is 0 Å². The van der Waals surface area contributed by atoms with Crippen LogP contribution in [0.4, 0.5) is 34.3 Å². The largest absolute Gasteiger partial charge is 0.573 e. The molecule has 2 aromatic carbocycles. The van der Waals surface area contributed by atoms with E-state index >= 15 is 0 Å². The fraction of sp³-hybridized carbons (Fsp3) is 0.105. The van der Waals surface area contributed by atoms with E-state index in [0.717, 1.165) is 17.7 Å². The molecule has 3 aromatic rings. The molecule has 12 heteroatoms. The van der Waals surface area contributed by atoms with Crippen LogP contribution in [0, 0.1) is 0 Å². The van der Waals surface area contributed by atoms with E-state index in [9.17, 15) is 22.8 Å². The number of ether oxygens (including phenoxy) is 2. The van der Waals surface area contributed by atoms with Gasteiger partial charge in [0.25, 0.3) is 0 Å². The number of nitrogens with zero attached hydrogens (tertiary/aromatic N) is 2. The Balaban J connectivity index is 1.67. The summed E-state index contributed by atoms with van der Waals surface area (Å²) in [6.07, 6.45) is -5.01. The number of hydrogen-bond acceptors (Lipinski definition) is 5. The van der Waals surface area contributed by atoms with Crippen molar-refractivity contribution in [1.82, 2.24) is 9.55 Å². The van der Waals surface area contributed by atoms with Crippen molar-refractivity contribution < 1.29 is 37.3 Å². The smallest absolute Gasteiger partial charge is 0.449 e. The average Bonchev–Trinajstić information content (AvgIpc) is 3.03. The molecule has 0 radical (unpaired) electrons. The number of imidazole rings is 1. The first kappa shape index (κ1) is 21.5. The third-order valence-corrected chi connectivity index (χ3v) is 3.70. The van der Waals surface area contributed by atoms with Crippen molar-refractivity contribution in [1.29, 1.82) is 0 Å². The van der Waals surface area contributed by atoms with Crippen molar-refractivity contribution in [2.24, 2.45) is 0 Å². The van der Waals surface area contributed by atoms with Crippen LogP contribution in [0.1, 0.15) is 5.56 Å². The van der Waals surface area contributed by atoms with E-state index in [1.807, 2.05) is 30.3 Å². The topological polar surface area (TPSA) is 115 Å². The zero-order chi connectivity index (χ0) is 22.4. The number of carbonyl (C=O) groups excluding carboxylic acids is 1. The predicted molar refractivity (Wildman–Crippen MR) is 102 cm³/mol. The molecule has 0 bridgehead atoms. The van der Waals surface area contributed by atoms with Crippen molar-refractivity contribution >= 4 is 23.7 Å². The Labute approximate surface area is 173 Å². The molecule has 31 heavy (non-hydrogen) atoms. The third-order valence-electron chi connectivity index (χ3n) is 3.70. The lowest BCUT2D eigenvalue weighted by Gasteiger charge is -2.10. The first-order valence-electron chi connectivity index (χ1n) is 8.63. The number of halogens is 3. The number of carboxylic acid groups (broad SMARTS) is 1. The van der Waals surface area contributed by atoms with Gasteiger partial charge in [0.15, 0.2) is 5.82 Å². The summed E-state index contributed by atoms with van der Waals surface area (Å²) in [4.78, 5) is 27.0. The monoisotopic (exact) mass is 436 g/mol. The van der Waals surface area contributed by atoms with Crippen molar-refractivity contribution in [2.45, 2.75) is 12.9 Å². The highest BCUT2D eigenvalue weighted by Crippen LogP contribution is 2.24. The van der Waals surface area contributed by atoms with Gasteiger partial charge in [0.05, 0.1) is 12.7 Å². The number of rotatable bonds is 6. The van der Waals surface area contributed by atoms with Crippen LogP contribution >= 0.6 is 0 Å². The van der Waals surface area contributed by atoms with Crippen molar-refractivity contribution in [3.63, 3.8) is 0 Å². The van der Waals surface area contributed by atoms with Gasteiger partial charge in [-0.25, -0.2) is 9.59 Å². The number of anilines is 2. The van der Waals surface area contributed by atoms with Crippen LogP contribution in [0.5, 0.6) is 11.8 Å². The lowest BCUT2D eigenvalue weighted by molar-refractivity contribution is -0.274. The molecule has 0 saturated heterocycles. The first-order chi connectivity index (χ1) is 14.7. The van der Waals surface area contributed by atoms with E-state index in [1.54, 1.807) is 0 Å². The van der Waals surface area contributed by atoms with Crippen LogP contribution in [0.25, 0.3) is 0 Å². The number of amides is 2. The van der Waals surface area contributed by atoms with E-state index in [1.165, 1.54) is 22.9 Å². The molecule has 0 fully saturated rings. The van der Waals surface area contributed by atoms with Crippen LogP contribution in [0.3, 0.4) is 0 Å². The van der Waals surface area contributed by atoms with E-state index in [-0.39, 0.29) is 24.1 Å². The molecule has 1 aromatic heterocycles. The van der Waals surface area contributed by atoms with Crippen LogP contribution in [-0.2, 0) is 6.54 Å². The zero-order valence-electron chi connectivity index (χ0n) is 15.6. The molecule has 3 rings (SSSR count). The Morgan fingerprint density at radius 3 is 2.32 bits per heavy atom. The minimum absolute atomic E-state index is 0.00158. The number of benzene rings is 2. The van der Waals surface area contributed by atoms with Gasteiger partial charge in [-0.2, -0.15) is 4.98 Å². The van der Waals surface area contributed by atoms with Crippen molar-refractivity contribution in [3.8, 4) is 11.8 Å². The van der Waals surface area contributed by atoms with Gasteiger partial charge in [-0.1, -0.05) is 30.3 Å².